The topological polar surface area (TPSA) is 49.8 Å². The summed E-state index contributed by atoms with van der Waals surface area (Å²) in [7, 11) is 3.86. The van der Waals surface area contributed by atoms with E-state index in [-0.39, 0.29) is 24.0 Å². The number of aromatic nitrogens is 1. The molecule has 1 aromatic heterocycles. The Balaban J connectivity index is 0.00000338. The van der Waals surface area contributed by atoms with Crippen LogP contribution >= 0.6 is 24.0 Å². The van der Waals surface area contributed by atoms with Gasteiger partial charge < -0.3 is 15.0 Å². The Labute approximate surface area is 173 Å². The van der Waals surface area contributed by atoms with Crippen LogP contribution in [-0.2, 0) is 13.2 Å². The van der Waals surface area contributed by atoms with Crippen molar-refractivity contribution in [2.24, 2.45) is 4.99 Å². The molecule has 0 aliphatic heterocycles. The van der Waals surface area contributed by atoms with Gasteiger partial charge in [-0.05, 0) is 18.1 Å². The number of benzene rings is 1. The lowest BCUT2D eigenvalue weighted by molar-refractivity contribution is 0.290. The quantitative estimate of drug-likeness (QED) is 0.360. The first kappa shape index (κ1) is 22.2. The number of guanidine groups is 1. The fourth-order valence-corrected chi connectivity index (χ4v) is 2.47. The normalized spacial score (nSPS) is 10.8. The van der Waals surface area contributed by atoms with Gasteiger partial charge in [-0.1, -0.05) is 49.7 Å². The van der Waals surface area contributed by atoms with Gasteiger partial charge in [0.25, 0.3) is 0 Å². The van der Waals surface area contributed by atoms with Crippen LogP contribution in [0, 0.1) is 0 Å². The molecule has 0 amide bonds. The van der Waals surface area contributed by atoms with Gasteiger partial charge in [-0.2, -0.15) is 0 Å². The summed E-state index contributed by atoms with van der Waals surface area (Å²) < 4.78 is 5.91. The molecular formula is C20H29IN4O. The van der Waals surface area contributed by atoms with Gasteiger partial charge in [-0.3, -0.25) is 4.99 Å². The van der Waals surface area contributed by atoms with Gasteiger partial charge in [-0.15, -0.1) is 24.0 Å². The van der Waals surface area contributed by atoms with Gasteiger partial charge in [0, 0.05) is 38.9 Å². The molecule has 0 fully saturated rings. The summed E-state index contributed by atoms with van der Waals surface area (Å²) in [6.07, 6.45) is 4.07. The Bertz CT molecular complexity index is 664. The van der Waals surface area contributed by atoms with Crippen LogP contribution in [0.5, 0.6) is 5.88 Å². The zero-order chi connectivity index (χ0) is 17.9. The van der Waals surface area contributed by atoms with Gasteiger partial charge in [-0.25, -0.2) is 4.98 Å². The van der Waals surface area contributed by atoms with Gasteiger partial charge in [0.2, 0.25) is 5.88 Å². The van der Waals surface area contributed by atoms with Crippen molar-refractivity contribution in [3.63, 3.8) is 0 Å². The SMILES string of the molecule is CCCCN(C)C(=NC)NCc1cccnc1OCc1ccccc1.I. The molecule has 0 bridgehead atoms. The molecule has 0 aliphatic rings. The molecule has 2 rings (SSSR count). The number of halogens is 1. The molecule has 0 unspecified atom stereocenters. The molecular weight excluding hydrogens is 439 g/mol. The first-order valence-electron chi connectivity index (χ1n) is 8.77. The maximum atomic E-state index is 5.91. The van der Waals surface area contributed by atoms with Crippen molar-refractivity contribution in [1.29, 1.82) is 0 Å². The van der Waals surface area contributed by atoms with Crippen molar-refractivity contribution >= 4 is 29.9 Å². The maximum absolute atomic E-state index is 5.91. The van der Waals surface area contributed by atoms with Gasteiger partial charge in [0.1, 0.15) is 6.61 Å². The van der Waals surface area contributed by atoms with Gasteiger partial charge in [0.05, 0.1) is 0 Å². The monoisotopic (exact) mass is 468 g/mol. The van der Waals surface area contributed by atoms with Crippen molar-refractivity contribution in [2.45, 2.75) is 32.9 Å². The summed E-state index contributed by atoms with van der Waals surface area (Å²) in [6.45, 7) is 4.31. The number of hydrogen-bond acceptors (Lipinski definition) is 3. The molecule has 26 heavy (non-hydrogen) atoms. The Hall–Kier alpha value is -1.83. The van der Waals surface area contributed by atoms with Crippen molar-refractivity contribution in [1.82, 2.24) is 15.2 Å². The number of nitrogens with zero attached hydrogens (tertiary/aromatic N) is 3. The lowest BCUT2D eigenvalue weighted by atomic mass is 10.2. The van der Waals surface area contributed by atoms with E-state index < -0.39 is 0 Å². The zero-order valence-electron chi connectivity index (χ0n) is 15.8. The zero-order valence-corrected chi connectivity index (χ0v) is 18.1. The lowest BCUT2D eigenvalue weighted by Crippen LogP contribution is -2.39. The smallest absolute Gasteiger partial charge is 0.218 e. The first-order chi connectivity index (χ1) is 12.2. The second-order valence-corrected chi connectivity index (χ2v) is 5.92. The molecule has 0 radical (unpaired) electrons. The Kier molecular flexibility index (Phi) is 10.7. The van der Waals surface area contributed by atoms with Gasteiger partial charge in [0.15, 0.2) is 5.96 Å². The van der Waals surface area contributed by atoms with Crippen LogP contribution in [0.1, 0.15) is 30.9 Å². The minimum Gasteiger partial charge on any atom is -0.473 e. The number of unbranched alkanes of at least 4 members (excludes halogenated alkanes) is 1. The van der Waals surface area contributed by atoms with Crippen LogP contribution in [0.4, 0.5) is 0 Å². The van der Waals surface area contributed by atoms with E-state index in [1.807, 2.05) is 42.5 Å². The van der Waals surface area contributed by atoms with Crippen LogP contribution in [0.15, 0.2) is 53.7 Å². The summed E-state index contributed by atoms with van der Waals surface area (Å²) in [5.41, 5.74) is 2.14. The molecule has 0 saturated carbocycles. The van der Waals surface area contributed by atoms with E-state index in [1.165, 1.54) is 6.42 Å². The lowest BCUT2D eigenvalue weighted by Gasteiger charge is -2.22. The summed E-state index contributed by atoms with van der Waals surface area (Å²) in [6, 6.07) is 14.1. The van der Waals surface area contributed by atoms with E-state index in [4.69, 9.17) is 4.74 Å². The number of ether oxygens (including phenoxy) is 1. The highest BCUT2D eigenvalue weighted by Gasteiger charge is 2.09. The standard InChI is InChI=1S/C20H28N4O.HI/c1-4-5-14-24(3)20(21-2)23-15-18-12-9-13-22-19(18)25-16-17-10-7-6-8-11-17;/h6-13H,4-5,14-16H2,1-3H3,(H,21,23);1H. The van der Waals surface area contributed by atoms with E-state index in [9.17, 15) is 0 Å². The van der Waals surface area contributed by atoms with Crippen molar-refractivity contribution in [3.05, 3.63) is 59.8 Å². The highest BCUT2D eigenvalue weighted by Crippen LogP contribution is 2.16. The molecule has 1 N–H and O–H groups in total. The Morgan fingerprint density at radius 1 is 1.19 bits per heavy atom. The van der Waals surface area contributed by atoms with Crippen LogP contribution in [0.3, 0.4) is 0 Å². The highest BCUT2D eigenvalue weighted by molar-refractivity contribution is 14.0. The molecule has 0 saturated heterocycles. The third-order valence-electron chi connectivity index (χ3n) is 3.93. The van der Waals surface area contributed by atoms with Crippen molar-refractivity contribution in [2.75, 3.05) is 20.6 Å². The molecule has 0 atom stereocenters. The van der Waals surface area contributed by atoms with E-state index in [0.29, 0.717) is 19.0 Å². The maximum Gasteiger partial charge on any atom is 0.218 e. The number of aliphatic imine (C=N–C) groups is 1. The van der Waals surface area contributed by atoms with Crippen molar-refractivity contribution in [3.8, 4) is 5.88 Å². The molecule has 1 aromatic carbocycles. The number of hydrogen-bond donors (Lipinski definition) is 1. The van der Waals surface area contributed by atoms with E-state index in [1.54, 1.807) is 13.2 Å². The molecule has 6 heteroatoms. The van der Waals surface area contributed by atoms with Crippen LogP contribution in [0.25, 0.3) is 0 Å². The van der Waals surface area contributed by atoms with Crippen LogP contribution in [0.2, 0.25) is 0 Å². The molecule has 0 spiro atoms. The number of nitrogens with one attached hydrogen (secondary N) is 1. The minimum atomic E-state index is 0. The highest BCUT2D eigenvalue weighted by atomic mass is 127. The first-order valence-corrected chi connectivity index (χ1v) is 8.77. The van der Waals surface area contributed by atoms with Crippen molar-refractivity contribution < 1.29 is 4.74 Å². The average molecular weight is 468 g/mol. The third-order valence-corrected chi connectivity index (χ3v) is 3.93. The number of rotatable bonds is 8. The van der Waals surface area contributed by atoms with Crippen LogP contribution in [-0.4, -0.2) is 36.5 Å². The molecule has 142 valence electrons. The summed E-state index contributed by atoms with van der Waals surface area (Å²) in [5.74, 6) is 1.54. The largest absolute Gasteiger partial charge is 0.473 e. The van der Waals surface area contributed by atoms with E-state index in [0.717, 1.165) is 30.1 Å². The molecule has 5 nitrogen and oxygen atoms in total. The minimum absolute atomic E-state index is 0. The fourth-order valence-electron chi connectivity index (χ4n) is 2.47. The van der Waals surface area contributed by atoms with E-state index in [2.05, 4.69) is 34.2 Å². The fraction of sp³-hybridized carbons (Fsp3) is 0.400. The predicted octanol–water partition coefficient (Wildman–Crippen LogP) is 4.09. The average Bonchev–Trinajstić information content (AvgIpc) is 2.66. The number of pyridine rings is 1. The molecule has 1 heterocycles. The Morgan fingerprint density at radius 2 is 1.96 bits per heavy atom. The molecule has 0 aliphatic carbocycles. The Morgan fingerprint density at radius 3 is 2.65 bits per heavy atom. The summed E-state index contributed by atoms with van der Waals surface area (Å²) in [5, 5.41) is 3.39. The summed E-state index contributed by atoms with van der Waals surface area (Å²) in [4.78, 5) is 10.9. The second-order valence-electron chi connectivity index (χ2n) is 5.92. The second kappa shape index (κ2) is 12.5. The summed E-state index contributed by atoms with van der Waals surface area (Å²) >= 11 is 0. The third kappa shape index (κ3) is 7.19. The predicted molar refractivity (Wildman–Crippen MR) is 118 cm³/mol. The van der Waals surface area contributed by atoms with Crippen LogP contribution < -0.4 is 10.1 Å². The molecule has 2 aromatic rings. The van der Waals surface area contributed by atoms with E-state index >= 15 is 0 Å². The van der Waals surface area contributed by atoms with Gasteiger partial charge >= 0.3 is 0 Å².